The fraction of sp³-hybridized carbons (Fsp3) is 0.316. The maximum Gasteiger partial charge on any atom is 0.351 e. The number of nitriles is 1. The van der Waals surface area contributed by atoms with E-state index in [1.54, 1.807) is 6.92 Å². The molecule has 0 saturated carbocycles. The van der Waals surface area contributed by atoms with Gasteiger partial charge in [0.1, 0.15) is 15.3 Å². The summed E-state index contributed by atoms with van der Waals surface area (Å²) in [4.78, 5) is 25.0. The van der Waals surface area contributed by atoms with Gasteiger partial charge in [-0.15, -0.1) is 11.3 Å². The molecule has 0 aliphatic carbocycles. The van der Waals surface area contributed by atoms with Gasteiger partial charge < -0.3 is 15.2 Å². The lowest BCUT2D eigenvalue weighted by Gasteiger charge is -2.04. The Morgan fingerprint density at radius 3 is 2.59 bits per heavy atom. The largest absolute Gasteiger partial charge is 0.505 e. The van der Waals surface area contributed by atoms with Crippen molar-refractivity contribution in [2.45, 2.75) is 33.2 Å². The van der Waals surface area contributed by atoms with Crippen LogP contribution in [0.1, 0.15) is 26.7 Å². The Kier molecular flexibility index (Phi) is 8.14. The number of carbonyl (C=O) groups excluding carboxylic acids is 1. The summed E-state index contributed by atoms with van der Waals surface area (Å²) in [5, 5.41) is 22.1. The quantitative estimate of drug-likeness (QED) is 0.491. The summed E-state index contributed by atoms with van der Waals surface area (Å²) >= 11 is 12.8. The predicted octanol–water partition coefficient (Wildman–Crippen LogP) is 2.81. The van der Waals surface area contributed by atoms with Crippen LogP contribution in [0, 0.1) is 11.3 Å². The molecule has 0 atom stereocenters. The van der Waals surface area contributed by atoms with Crippen molar-refractivity contribution in [3.8, 4) is 11.8 Å². The summed E-state index contributed by atoms with van der Waals surface area (Å²) in [6.45, 7) is 4.11. The first-order chi connectivity index (χ1) is 13.8. The number of ether oxygens (including phenoxy) is 1. The highest BCUT2D eigenvalue weighted by Crippen LogP contribution is 2.34. The molecule has 1 aromatic carbocycles. The summed E-state index contributed by atoms with van der Waals surface area (Å²) in [5.41, 5.74) is -0.0819. The van der Waals surface area contributed by atoms with E-state index in [9.17, 15) is 20.0 Å². The minimum absolute atomic E-state index is 0.0584. The molecule has 0 spiro atoms. The molecule has 0 unspecified atom stereocenters. The predicted molar refractivity (Wildman–Crippen MR) is 115 cm³/mol. The number of hydrogen-bond donors (Lipinski definition) is 2. The topological polar surface area (TPSA) is 104 Å². The number of anilines is 1. The molecule has 0 saturated heterocycles. The molecule has 0 bridgehead atoms. The molecule has 0 fully saturated rings. The second kappa shape index (κ2) is 10.3. The zero-order valence-corrected chi connectivity index (χ0v) is 18.1. The van der Waals surface area contributed by atoms with Crippen molar-refractivity contribution in [3.63, 3.8) is 0 Å². The summed E-state index contributed by atoms with van der Waals surface area (Å²) in [6.07, 6.45) is 2.99. The van der Waals surface area contributed by atoms with Crippen LogP contribution in [-0.2, 0) is 16.1 Å². The van der Waals surface area contributed by atoms with Gasteiger partial charge in [-0.25, -0.2) is 4.79 Å². The Morgan fingerprint density at radius 2 is 2.03 bits per heavy atom. The zero-order valence-electron chi connectivity index (χ0n) is 15.8. The molecule has 0 aliphatic rings. The molecule has 2 aromatic rings. The number of benzene rings is 1. The van der Waals surface area contributed by atoms with Gasteiger partial charge in [-0.2, -0.15) is 5.26 Å². The lowest BCUT2D eigenvalue weighted by Crippen LogP contribution is -2.33. The number of aromatic hydroxyl groups is 1. The van der Waals surface area contributed by atoms with Crippen molar-refractivity contribution >= 4 is 58.0 Å². The van der Waals surface area contributed by atoms with Crippen LogP contribution in [0.15, 0.2) is 16.9 Å². The van der Waals surface area contributed by atoms with Gasteiger partial charge in [0, 0.05) is 18.4 Å². The molecule has 1 aromatic heterocycles. The molecule has 1 heterocycles. The summed E-state index contributed by atoms with van der Waals surface area (Å²) < 4.78 is 6.88. The van der Waals surface area contributed by atoms with Crippen LogP contribution in [0.5, 0.6) is 5.75 Å². The summed E-state index contributed by atoms with van der Waals surface area (Å²) in [6, 6.07) is 4.76. The van der Waals surface area contributed by atoms with Gasteiger partial charge in [0.2, 0.25) is 0 Å². The first-order valence-corrected chi connectivity index (χ1v) is 10.4. The number of nitrogens with one attached hydrogen (secondary N) is 1. The van der Waals surface area contributed by atoms with Gasteiger partial charge >= 0.3 is 5.97 Å². The van der Waals surface area contributed by atoms with Crippen molar-refractivity contribution < 1.29 is 14.6 Å². The molecule has 0 aliphatic heterocycles. The Bertz CT molecular complexity index is 1110. The minimum atomic E-state index is -0.766. The van der Waals surface area contributed by atoms with E-state index in [-0.39, 0.29) is 42.7 Å². The number of rotatable bonds is 7. The van der Waals surface area contributed by atoms with Crippen molar-refractivity contribution in [3.05, 3.63) is 41.7 Å². The normalized spacial score (nSPS) is 12.4. The van der Waals surface area contributed by atoms with E-state index in [4.69, 9.17) is 27.9 Å². The number of phenolic OH excluding ortho intramolecular Hbond substituents is 1. The van der Waals surface area contributed by atoms with E-state index in [1.807, 2.05) is 13.0 Å². The van der Waals surface area contributed by atoms with Crippen LogP contribution in [0.4, 0.5) is 5.69 Å². The van der Waals surface area contributed by atoms with Gasteiger partial charge in [0.05, 0.1) is 16.7 Å². The number of phenols is 1. The second-order valence-corrected chi connectivity index (χ2v) is 7.71. The highest BCUT2D eigenvalue weighted by molar-refractivity contribution is 7.07. The van der Waals surface area contributed by atoms with Gasteiger partial charge in [0.15, 0.2) is 11.3 Å². The van der Waals surface area contributed by atoms with Crippen LogP contribution in [0.2, 0.25) is 10.0 Å². The molecule has 154 valence electrons. The average Bonchev–Trinajstić information content (AvgIpc) is 2.99. The third kappa shape index (κ3) is 5.32. The van der Waals surface area contributed by atoms with Crippen LogP contribution in [-0.4, -0.2) is 22.2 Å². The number of halogens is 2. The lowest BCUT2D eigenvalue weighted by molar-refractivity contribution is -0.136. The molecule has 29 heavy (non-hydrogen) atoms. The van der Waals surface area contributed by atoms with Crippen molar-refractivity contribution in [1.29, 1.82) is 5.26 Å². The van der Waals surface area contributed by atoms with Gasteiger partial charge in [-0.05, 0) is 25.5 Å². The fourth-order valence-corrected chi connectivity index (χ4v) is 3.93. The summed E-state index contributed by atoms with van der Waals surface area (Å²) in [5.74, 6) is -1.000. The van der Waals surface area contributed by atoms with Gasteiger partial charge in [-0.3, -0.25) is 9.36 Å². The Balaban J connectivity index is 2.61. The number of nitrogens with zero attached hydrogens (tertiary/aromatic N) is 2. The minimum Gasteiger partial charge on any atom is -0.505 e. The molecule has 0 radical (unpaired) electrons. The molecule has 2 N–H and O–H groups in total. The number of unbranched alkanes of at least 4 members (excludes halogenated alkanes) is 1. The van der Waals surface area contributed by atoms with Gasteiger partial charge in [0.25, 0.3) is 5.56 Å². The molecular weight excluding hydrogens is 437 g/mol. The Hall–Kier alpha value is -2.47. The fourth-order valence-electron chi connectivity index (χ4n) is 2.41. The van der Waals surface area contributed by atoms with Crippen LogP contribution in [0.25, 0.3) is 11.8 Å². The van der Waals surface area contributed by atoms with Crippen molar-refractivity contribution in [2.75, 3.05) is 11.9 Å². The number of esters is 1. The average molecular weight is 456 g/mol. The SMILES string of the molecule is CCCCn1c(=C(C#N)C(=O)OCC)sc(=CNc2cc(Cl)c(O)c(Cl)c2)c1=O. The molecule has 2 rings (SSSR count). The Morgan fingerprint density at radius 1 is 1.38 bits per heavy atom. The number of carbonyl (C=O) groups is 1. The Labute approximate surface area is 181 Å². The van der Waals surface area contributed by atoms with Crippen LogP contribution < -0.4 is 20.1 Å². The highest BCUT2D eigenvalue weighted by Gasteiger charge is 2.16. The molecular formula is C19H19Cl2N3O4S. The third-order valence-corrected chi connectivity index (χ3v) is 5.54. The van der Waals surface area contributed by atoms with E-state index >= 15 is 0 Å². The zero-order chi connectivity index (χ0) is 21.6. The number of thiazole rings is 1. The molecule has 7 nitrogen and oxygen atoms in total. The number of hydrogen-bond acceptors (Lipinski definition) is 7. The monoisotopic (exact) mass is 455 g/mol. The highest BCUT2D eigenvalue weighted by atomic mass is 35.5. The van der Waals surface area contributed by atoms with E-state index in [0.29, 0.717) is 18.7 Å². The van der Waals surface area contributed by atoms with Crippen LogP contribution >= 0.6 is 34.5 Å². The van der Waals surface area contributed by atoms with E-state index in [0.717, 1.165) is 17.8 Å². The van der Waals surface area contributed by atoms with Gasteiger partial charge in [-0.1, -0.05) is 36.5 Å². The summed E-state index contributed by atoms with van der Waals surface area (Å²) in [7, 11) is 0. The molecule has 0 amide bonds. The van der Waals surface area contributed by atoms with Crippen molar-refractivity contribution in [1.82, 2.24) is 4.57 Å². The first kappa shape index (κ1) is 22.8. The maximum atomic E-state index is 12.8. The lowest BCUT2D eigenvalue weighted by atomic mass is 10.3. The van der Waals surface area contributed by atoms with E-state index in [2.05, 4.69) is 5.32 Å². The van der Waals surface area contributed by atoms with Crippen molar-refractivity contribution in [2.24, 2.45) is 0 Å². The standard InChI is InChI=1S/C19H19Cl2N3O4S/c1-3-5-6-24-17(26)15(29-18(24)12(9-22)19(27)28-4-2)10-23-11-7-13(20)16(25)14(21)8-11/h7-8,10,23,25H,3-6H2,1-2H3. The first-order valence-electron chi connectivity index (χ1n) is 8.79. The second-order valence-electron chi connectivity index (χ2n) is 5.87. The smallest absolute Gasteiger partial charge is 0.351 e. The van der Waals surface area contributed by atoms with Crippen LogP contribution in [0.3, 0.4) is 0 Å². The molecule has 10 heteroatoms. The third-order valence-electron chi connectivity index (χ3n) is 3.84. The number of aromatic nitrogens is 1. The maximum absolute atomic E-state index is 12.8. The van der Waals surface area contributed by atoms with E-state index in [1.165, 1.54) is 22.9 Å². The van der Waals surface area contributed by atoms with E-state index < -0.39 is 5.97 Å².